The van der Waals surface area contributed by atoms with E-state index in [1.165, 1.54) is 0 Å². The van der Waals surface area contributed by atoms with Crippen molar-refractivity contribution < 1.29 is 9.53 Å². The summed E-state index contributed by atoms with van der Waals surface area (Å²) < 4.78 is 5.60. The van der Waals surface area contributed by atoms with Gasteiger partial charge in [0.05, 0.1) is 24.0 Å². The fourth-order valence-electron chi connectivity index (χ4n) is 3.72. The Morgan fingerprint density at radius 3 is 2.72 bits per heavy atom. The number of ketones is 1. The molecule has 0 unspecified atom stereocenters. The van der Waals surface area contributed by atoms with E-state index in [4.69, 9.17) is 4.74 Å². The van der Waals surface area contributed by atoms with Crippen LogP contribution in [0.15, 0.2) is 65.2 Å². The van der Waals surface area contributed by atoms with Gasteiger partial charge in [0, 0.05) is 22.6 Å². The number of allylic oxidation sites excluding steroid dienone is 2. The molecule has 4 heteroatoms. The molecule has 3 atom stereocenters. The number of carbonyl (C=O) groups is 1. The number of hydrogen-bond donors (Lipinski definition) is 1. The molecule has 0 bridgehead atoms. The van der Waals surface area contributed by atoms with Crippen molar-refractivity contribution in [3.05, 3.63) is 65.9 Å². The summed E-state index contributed by atoms with van der Waals surface area (Å²) in [6.45, 7) is 2.10. The Labute approximate surface area is 152 Å². The Balaban J connectivity index is 1.89. The number of methoxy groups -OCH3 is 1. The summed E-state index contributed by atoms with van der Waals surface area (Å²) in [5.74, 6) is 1.23. The number of rotatable bonds is 2. The van der Waals surface area contributed by atoms with Crippen LogP contribution in [0.25, 0.3) is 0 Å². The monoisotopic (exact) mass is 351 g/mol. The molecule has 0 radical (unpaired) electrons. The predicted octanol–water partition coefficient (Wildman–Crippen LogP) is 5.06. The first-order valence-electron chi connectivity index (χ1n) is 8.57. The first-order chi connectivity index (χ1) is 12.2. The zero-order chi connectivity index (χ0) is 17.4. The van der Waals surface area contributed by atoms with Gasteiger partial charge >= 0.3 is 0 Å². The number of fused-ring (bicyclic) bond motifs is 2. The number of carbonyl (C=O) groups excluding carboxylic acids is 1. The lowest BCUT2D eigenvalue weighted by Crippen LogP contribution is -2.30. The molecule has 2 aromatic carbocycles. The Kier molecular flexibility index (Phi) is 4.30. The highest BCUT2D eigenvalue weighted by atomic mass is 32.2. The van der Waals surface area contributed by atoms with Crippen LogP contribution in [0, 0.1) is 11.8 Å². The summed E-state index contributed by atoms with van der Waals surface area (Å²) in [7, 11) is 1.69. The van der Waals surface area contributed by atoms with E-state index in [0.29, 0.717) is 12.2 Å². The van der Waals surface area contributed by atoms with E-state index in [1.807, 2.05) is 30.3 Å². The highest BCUT2D eigenvalue weighted by Gasteiger charge is 2.40. The van der Waals surface area contributed by atoms with E-state index < -0.39 is 0 Å². The maximum absolute atomic E-state index is 13.0. The van der Waals surface area contributed by atoms with Gasteiger partial charge in [-0.3, -0.25) is 4.79 Å². The van der Waals surface area contributed by atoms with Crippen LogP contribution in [0.5, 0.6) is 5.75 Å². The van der Waals surface area contributed by atoms with Crippen molar-refractivity contribution in [1.82, 2.24) is 0 Å². The van der Waals surface area contributed by atoms with Crippen LogP contribution < -0.4 is 10.1 Å². The zero-order valence-electron chi connectivity index (χ0n) is 14.4. The van der Waals surface area contributed by atoms with Crippen molar-refractivity contribution in [3.8, 4) is 5.75 Å². The minimum atomic E-state index is -0.176. The molecule has 1 heterocycles. The number of nitrogens with one attached hydrogen (secondary N) is 1. The van der Waals surface area contributed by atoms with Crippen LogP contribution >= 0.6 is 11.8 Å². The maximum atomic E-state index is 13.0. The van der Waals surface area contributed by atoms with Gasteiger partial charge in [0.25, 0.3) is 0 Å². The molecule has 2 aromatic rings. The van der Waals surface area contributed by atoms with E-state index in [0.717, 1.165) is 27.6 Å². The van der Waals surface area contributed by atoms with Crippen LogP contribution in [-0.4, -0.2) is 12.9 Å². The smallest absolute Gasteiger partial charge is 0.143 e. The molecule has 0 aromatic heterocycles. The van der Waals surface area contributed by atoms with Crippen LogP contribution in [0.2, 0.25) is 0 Å². The first kappa shape index (κ1) is 16.3. The molecule has 0 amide bonds. The van der Waals surface area contributed by atoms with Gasteiger partial charge in [-0.25, -0.2) is 0 Å². The number of Topliss-reactive ketones (excluding diaryl/α,β-unsaturated/α-hetero) is 1. The molecule has 0 saturated carbocycles. The van der Waals surface area contributed by atoms with Crippen molar-refractivity contribution in [3.63, 3.8) is 0 Å². The molecule has 25 heavy (non-hydrogen) atoms. The summed E-state index contributed by atoms with van der Waals surface area (Å²) in [4.78, 5) is 14.2. The molecule has 0 saturated heterocycles. The van der Waals surface area contributed by atoms with Gasteiger partial charge < -0.3 is 10.1 Å². The fourth-order valence-corrected chi connectivity index (χ4v) is 5.15. The van der Waals surface area contributed by atoms with Gasteiger partial charge in [0.1, 0.15) is 11.5 Å². The van der Waals surface area contributed by atoms with Gasteiger partial charge in [-0.1, -0.05) is 43.3 Å². The summed E-state index contributed by atoms with van der Waals surface area (Å²) in [6, 6.07) is 16.3. The zero-order valence-corrected chi connectivity index (χ0v) is 15.2. The van der Waals surface area contributed by atoms with Crippen LogP contribution in [0.3, 0.4) is 0 Å². The molecule has 4 rings (SSSR count). The summed E-state index contributed by atoms with van der Waals surface area (Å²) in [5.41, 5.74) is 3.17. The number of hydrogen-bond acceptors (Lipinski definition) is 4. The third kappa shape index (κ3) is 2.95. The van der Waals surface area contributed by atoms with Gasteiger partial charge in [0.15, 0.2) is 0 Å². The van der Waals surface area contributed by atoms with Crippen LogP contribution in [-0.2, 0) is 4.79 Å². The Hall–Kier alpha value is -2.20. The van der Waals surface area contributed by atoms with Gasteiger partial charge in [-0.2, -0.15) is 0 Å². The second-order valence-electron chi connectivity index (χ2n) is 6.65. The quantitative estimate of drug-likeness (QED) is 0.820. The summed E-state index contributed by atoms with van der Waals surface area (Å²) >= 11 is 1.75. The fraction of sp³-hybridized carbons (Fsp3) is 0.286. The predicted molar refractivity (Wildman–Crippen MR) is 102 cm³/mol. The van der Waals surface area contributed by atoms with E-state index >= 15 is 0 Å². The van der Waals surface area contributed by atoms with Crippen molar-refractivity contribution in [2.45, 2.75) is 23.5 Å². The highest BCUT2D eigenvalue weighted by molar-refractivity contribution is 7.99. The molecule has 3 nitrogen and oxygen atoms in total. The maximum Gasteiger partial charge on any atom is 0.143 e. The average Bonchev–Trinajstić information content (AvgIpc) is 2.78. The first-order valence-corrected chi connectivity index (χ1v) is 9.45. The number of benzene rings is 2. The SMILES string of the molecule is COc1ccccc1[C@@H]1Sc2ccccc2NC2=C[C@H](C)CC(=O)[C@H]21. The number of ether oxygens (including phenoxy) is 1. The third-order valence-electron chi connectivity index (χ3n) is 4.84. The average molecular weight is 351 g/mol. The van der Waals surface area contributed by atoms with Crippen LogP contribution in [0.1, 0.15) is 24.2 Å². The number of thioether (sulfide) groups is 1. The van der Waals surface area contributed by atoms with Crippen molar-refractivity contribution in [2.75, 3.05) is 12.4 Å². The minimum Gasteiger partial charge on any atom is -0.496 e. The molecule has 0 fully saturated rings. The molecule has 128 valence electrons. The minimum absolute atomic E-state index is 0.00134. The normalized spacial score (nSPS) is 25.1. The standard InChI is InChI=1S/C21H21NO2S/c1-13-11-16-20(17(23)12-13)21(14-7-3-5-9-18(14)24-2)25-19-10-6-4-8-15(19)22-16/h3-11,13,20-22H,12H2,1-2H3/t13-,20-,21-/m0/s1. The van der Waals surface area contributed by atoms with Crippen molar-refractivity contribution >= 4 is 23.2 Å². The second-order valence-corrected chi connectivity index (χ2v) is 7.83. The van der Waals surface area contributed by atoms with E-state index in [-0.39, 0.29) is 17.1 Å². The molecule has 1 aliphatic carbocycles. The molecular formula is C21H21NO2S. The largest absolute Gasteiger partial charge is 0.496 e. The highest BCUT2D eigenvalue weighted by Crippen LogP contribution is 2.52. The van der Waals surface area contributed by atoms with Gasteiger partial charge in [-0.05, 0) is 24.1 Å². The van der Waals surface area contributed by atoms with E-state index in [1.54, 1.807) is 18.9 Å². The third-order valence-corrected chi connectivity index (χ3v) is 6.23. The molecule has 2 aliphatic rings. The van der Waals surface area contributed by atoms with Crippen molar-refractivity contribution in [1.29, 1.82) is 0 Å². The number of para-hydroxylation sites is 2. The molecule has 1 N–H and O–H groups in total. The molecule has 0 spiro atoms. The topological polar surface area (TPSA) is 38.3 Å². The lowest BCUT2D eigenvalue weighted by atomic mass is 9.81. The lowest BCUT2D eigenvalue weighted by molar-refractivity contribution is -0.122. The van der Waals surface area contributed by atoms with E-state index in [2.05, 4.69) is 36.5 Å². The number of anilines is 1. The molecule has 1 aliphatic heterocycles. The van der Waals surface area contributed by atoms with Crippen molar-refractivity contribution in [2.24, 2.45) is 11.8 Å². The van der Waals surface area contributed by atoms with E-state index in [9.17, 15) is 4.79 Å². The van der Waals surface area contributed by atoms with Gasteiger partial charge in [0.2, 0.25) is 0 Å². The lowest BCUT2D eigenvalue weighted by Gasteiger charge is -2.31. The Morgan fingerprint density at radius 2 is 1.88 bits per heavy atom. The molecular weight excluding hydrogens is 330 g/mol. The summed E-state index contributed by atoms with van der Waals surface area (Å²) in [6.07, 6.45) is 2.82. The Bertz CT molecular complexity index is 845. The second kappa shape index (κ2) is 6.60. The summed E-state index contributed by atoms with van der Waals surface area (Å²) in [5, 5.41) is 3.54. The van der Waals surface area contributed by atoms with Crippen LogP contribution in [0.4, 0.5) is 5.69 Å². The Morgan fingerprint density at radius 1 is 1.12 bits per heavy atom. The van der Waals surface area contributed by atoms with Gasteiger partial charge in [-0.15, -0.1) is 11.8 Å².